The van der Waals surface area contributed by atoms with Crippen molar-refractivity contribution in [3.8, 4) is 11.3 Å². The molecule has 5 aromatic rings. The Labute approximate surface area is 189 Å². The first-order chi connectivity index (χ1) is 15.6. The van der Waals surface area contributed by atoms with Crippen molar-refractivity contribution >= 4 is 33.7 Å². The molecule has 0 unspecified atom stereocenters. The number of benzene rings is 3. The molecule has 0 fully saturated rings. The molecule has 0 atom stereocenters. The summed E-state index contributed by atoms with van der Waals surface area (Å²) in [6.45, 7) is 1.97. The number of rotatable bonds is 5. The largest absolute Gasteiger partial charge is 0.322 e. The van der Waals surface area contributed by atoms with Crippen LogP contribution in [0.3, 0.4) is 0 Å². The van der Waals surface area contributed by atoms with E-state index in [2.05, 4.69) is 10.3 Å². The summed E-state index contributed by atoms with van der Waals surface area (Å²) >= 11 is 1.58. The van der Waals surface area contributed by atoms with Crippen LogP contribution in [0.1, 0.15) is 31.8 Å². The average molecular weight is 438 g/mol. The highest BCUT2D eigenvalue weighted by atomic mass is 32.1. The minimum atomic E-state index is -0.323. The van der Waals surface area contributed by atoms with E-state index < -0.39 is 0 Å². The van der Waals surface area contributed by atoms with Gasteiger partial charge >= 0.3 is 0 Å². The fourth-order valence-electron chi connectivity index (χ4n) is 3.53. The van der Waals surface area contributed by atoms with Gasteiger partial charge in [-0.1, -0.05) is 60.2 Å². The number of ketones is 1. The lowest BCUT2D eigenvalue weighted by molar-refractivity contribution is 0.0996. The maximum atomic E-state index is 13.0. The Morgan fingerprint density at radius 2 is 1.62 bits per heavy atom. The van der Waals surface area contributed by atoms with Crippen molar-refractivity contribution in [2.75, 3.05) is 5.32 Å². The van der Waals surface area contributed by atoms with Gasteiger partial charge in [0.25, 0.3) is 5.91 Å². The van der Waals surface area contributed by atoms with Gasteiger partial charge in [-0.3, -0.25) is 14.0 Å². The summed E-state index contributed by atoms with van der Waals surface area (Å²) in [5.41, 5.74) is 4.85. The third-order valence-corrected chi connectivity index (χ3v) is 6.03. The van der Waals surface area contributed by atoms with E-state index in [1.165, 1.54) is 0 Å². The topological polar surface area (TPSA) is 63.5 Å². The van der Waals surface area contributed by atoms with Crippen LogP contribution >= 0.6 is 11.3 Å². The predicted octanol–water partition coefficient (Wildman–Crippen LogP) is 5.85. The zero-order valence-corrected chi connectivity index (χ0v) is 18.1. The molecule has 3 aromatic carbocycles. The molecule has 1 N–H and O–H groups in total. The van der Waals surface area contributed by atoms with Gasteiger partial charge in [0.2, 0.25) is 0 Å². The van der Waals surface area contributed by atoms with Crippen LogP contribution in [0.15, 0.2) is 90.6 Å². The molecule has 0 aliphatic rings. The predicted molar refractivity (Wildman–Crippen MR) is 128 cm³/mol. The molecular weight excluding hydrogens is 418 g/mol. The van der Waals surface area contributed by atoms with Gasteiger partial charge in [-0.2, -0.15) is 0 Å². The number of nitrogens with zero attached hydrogens (tertiary/aromatic N) is 2. The number of amides is 1. The molecule has 156 valence electrons. The number of thiazole rings is 1. The van der Waals surface area contributed by atoms with E-state index in [4.69, 9.17) is 0 Å². The van der Waals surface area contributed by atoms with Crippen molar-refractivity contribution in [2.45, 2.75) is 6.92 Å². The first-order valence-corrected chi connectivity index (χ1v) is 11.0. The first-order valence-electron chi connectivity index (χ1n) is 10.1. The first kappa shape index (κ1) is 19.9. The molecule has 6 heteroatoms. The Balaban J connectivity index is 1.36. The summed E-state index contributed by atoms with van der Waals surface area (Å²) in [4.78, 5) is 31.5. The fraction of sp³-hybridized carbons (Fsp3) is 0.0385. The van der Waals surface area contributed by atoms with E-state index in [0.29, 0.717) is 22.4 Å². The van der Waals surface area contributed by atoms with Crippen molar-refractivity contribution in [1.29, 1.82) is 0 Å². The second kappa shape index (κ2) is 8.24. The molecule has 0 bridgehead atoms. The Bertz CT molecular complexity index is 1400. The Morgan fingerprint density at radius 1 is 0.906 bits per heavy atom. The summed E-state index contributed by atoms with van der Waals surface area (Å²) in [6.07, 6.45) is 3.95. The fourth-order valence-corrected chi connectivity index (χ4v) is 4.23. The minimum Gasteiger partial charge on any atom is -0.322 e. The van der Waals surface area contributed by atoms with Crippen LogP contribution in [-0.4, -0.2) is 21.1 Å². The van der Waals surface area contributed by atoms with E-state index in [1.807, 2.05) is 65.5 Å². The third-order valence-electron chi connectivity index (χ3n) is 5.26. The van der Waals surface area contributed by atoms with Crippen molar-refractivity contribution < 1.29 is 9.59 Å². The van der Waals surface area contributed by atoms with Crippen LogP contribution in [0.4, 0.5) is 5.69 Å². The average Bonchev–Trinajstić information content (AvgIpc) is 3.42. The van der Waals surface area contributed by atoms with Crippen LogP contribution in [0.2, 0.25) is 0 Å². The molecule has 5 nitrogen and oxygen atoms in total. The summed E-state index contributed by atoms with van der Waals surface area (Å²) in [5, 5.41) is 4.89. The van der Waals surface area contributed by atoms with E-state index in [9.17, 15) is 9.59 Å². The number of fused-ring (bicyclic) bond motifs is 1. The number of hydrogen-bond donors (Lipinski definition) is 1. The summed E-state index contributed by atoms with van der Waals surface area (Å²) in [6, 6.07) is 21.7. The lowest BCUT2D eigenvalue weighted by Crippen LogP contribution is -2.17. The summed E-state index contributed by atoms with van der Waals surface area (Å²) < 4.78 is 1.98. The number of carbonyl (C=O) groups is 2. The van der Waals surface area contributed by atoms with Crippen LogP contribution in [-0.2, 0) is 0 Å². The highest BCUT2D eigenvalue weighted by molar-refractivity contribution is 7.15. The Morgan fingerprint density at radius 3 is 2.34 bits per heavy atom. The van der Waals surface area contributed by atoms with Gasteiger partial charge in [-0.15, -0.1) is 11.3 Å². The molecule has 0 saturated heterocycles. The van der Waals surface area contributed by atoms with Crippen LogP contribution < -0.4 is 5.32 Å². The zero-order chi connectivity index (χ0) is 22.1. The highest BCUT2D eigenvalue weighted by Crippen LogP contribution is 2.24. The minimum absolute atomic E-state index is 0.175. The van der Waals surface area contributed by atoms with Gasteiger partial charge in [-0.05, 0) is 25.1 Å². The van der Waals surface area contributed by atoms with Gasteiger partial charge in [-0.25, -0.2) is 4.98 Å². The number of nitrogens with one attached hydrogen (secondary N) is 1. The molecule has 0 saturated carbocycles. The van der Waals surface area contributed by atoms with Crippen molar-refractivity contribution in [3.05, 3.63) is 113 Å². The molecule has 5 rings (SSSR count). The smallest absolute Gasteiger partial charge is 0.256 e. The van der Waals surface area contributed by atoms with Gasteiger partial charge < -0.3 is 5.32 Å². The van der Waals surface area contributed by atoms with E-state index >= 15 is 0 Å². The Kier molecular flexibility index (Phi) is 5.13. The van der Waals surface area contributed by atoms with Crippen LogP contribution in [0.5, 0.6) is 0 Å². The van der Waals surface area contributed by atoms with E-state index in [1.54, 1.807) is 47.7 Å². The lowest BCUT2D eigenvalue weighted by atomic mass is 9.97. The number of carbonyl (C=O) groups excluding carboxylic acids is 2. The molecule has 32 heavy (non-hydrogen) atoms. The normalized spacial score (nSPS) is 10.9. The molecule has 1 amide bonds. The van der Waals surface area contributed by atoms with Crippen LogP contribution in [0, 0.1) is 6.92 Å². The Hall–Kier alpha value is -4.03. The lowest BCUT2D eigenvalue weighted by Gasteiger charge is -2.10. The maximum Gasteiger partial charge on any atom is 0.256 e. The third kappa shape index (κ3) is 3.84. The molecule has 0 spiro atoms. The van der Waals surface area contributed by atoms with Gasteiger partial charge in [0.15, 0.2) is 10.7 Å². The quantitative estimate of drug-likeness (QED) is 0.351. The number of aryl methyl sites for hydroxylation is 1. The zero-order valence-electron chi connectivity index (χ0n) is 17.3. The second-order valence-corrected chi connectivity index (χ2v) is 8.36. The van der Waals surface area contributed by atoms with Gasteiger partial charge in [0.05, 0.1) is 11.3 Å². The monoisotopic (exact) mass is 437 g/mol. The van der Waals surface area contributed by atoms with Crippen molar-refractivity contribution in [2.24, 2.45) is 0 Å². The number of aromatic nitrogens is 2. The molecular formula is C26H19N3O2S. The van der Waals surface area contributed by atoms with E-state index in [-0.39, 0.29) is 11.7 Å². The summed E-state index contributed by atoms with van der Waals surface area (Å²) in [5.74, 6) is -0.498. The van der Waals surface area contributed by atoms with Crippen molar-refractivity contribution in [1.82, 2.24) is 9.38 Å². The molecule has 0 aliphatic heterocycles. The summed E-state index contributed by atoms with van der Waals surface area (Å²) in [7, 11) is 0. The molecule has 2 heterocycles. The van der Waals surface area contributed by atoms with Gasteiger partial charge in [0.1, 0.15) is 0 Å². The van der Waals surface area contributed by atoms with E-state index in [0.717, 1.165) is 21.8 Å². The molecule has 0 aliphatic carbocycles. The highest BCUT2D eigenvalue weighted by Gasteiger charge is 2.18. The van der Waals surface area contributed by atoms with Crippen molar-refractivity contribution in [3.63, 3.8) is 0 Å². The van der Waals surface area contributed by atoms with Gasteiger partial charge in [0, 0.05) is 40.2 Å². The standard InChI is InChI=1S/C26H19N3O2S/c1-17-6-8-19(9-7-17)24(30)21-4-2-3-5-22(21)25(31)27-20-12-10-18(11-13-20)23-16-29-14-15-32-26(29)28-23/h2-16H,1H3,(H,27,31). The number of anilines is 1. The molecule has 0 radical (unpaired) electrons. The number of imidazole rings is 1. The maximum absolute atomic E-state index is 13.0. The number of hydrogen-bond acceptors (Lipinski definition) is 4. The SMILES string of the molecule is Cc1ccc(C(=O)c2ccccc2C(=O)Nc2ccc(-c3cn4ccsc4n3)cc2)cc1. The second-order valence-electron chi connectivity index (χ2n) is 7.49. The van der Waals surface area contributed by atoms with Crippen LogP contribution in [0.25, 0.3) is 16.2 Å². The molecule has 2 aromatic heterocycles.